The van der Waals surface area contributed by atoms with Gasteiger partial charge in [-0.25, -0.2) is 0 Å². The summed E-state index contributed by atoms with van der Waals surface area (Å²) in [5.41, 5.74) is 7.94. The normalized spacial score (nSPS) is 10.2. The van der Waals surface area contributed by atoms with Crippen LogP contribution in [0.15, 0.2) is 48.5 Å². The molecular formula is C16H19NO2. The lowest BCUT2D eigenvalue weighted by atomic mass is 10.1. The predicted octanol–water partition coefficient (Wildman–Crippen LogP) is 2.78. The molecule has 3 nitrogen and oxygen atoms in total. The molecule has 100 valence electrons. The molecule has 0 radical (unpaired) electrons. The maximum absolute atomic E-state index is 5.78. The van der Waals surface area contributed by atoms with Crippen molar-refractivity contribution in [3.8, 4) is 11.5 Å². The third-order valence-electron chi connectivity index (χ3n) is 3.00. The molecule has 0 spiro atoms. The third kappa shape index (κ3) is 3.73. The Labute approximate surface area is 114 Å². The Hall–Kier alpha value is -2.00. The Bertz CT molecular complexity index is 508. The number of hydrogen-bond acceptors (Lipinski definition) is 3. The molecule has 0 bridgehead atoms. The van der Waals surface area contributed by atoms with Gasteiger partial charge in [-0.2, -0.15) is 0 Å². The van der Waals surface area contributed by atoms with Gasteiger partial charge in [0.15, 0.2) is 0 Å². The van der Waals surface area contributed by atoms with Crippen LogP contribution in [-0.4, -0.2) is 13.7 Å². The second-order valence-corrected chi connectivity index (χ2v) is 4.26. The summed E-state index contributed by atoms with van der Waals surface area (Å²) in [6, 6.07) is 15.9. The van der Waals surface area contributed by atoms with Gasteiger partial charge in [0.25, 0.3) is 0 Å². The van der Waals surface area contributed by atoms with E-state index in [2.05, 4.69) is 12.1 Å². The first-order valence-corrected chi connectivity index (χ1v) is 6.37. The zero-order valence-electron chi connectivity index (χ0n) is 11.1. The van der Waals surface area contributed by atoms with Gasteiger partial charge in [0.2, 0.25) is 0 Å². The maximum Gasteiger partial charge on any atom is 0.123 e. The Morgan fingerprint density at radius 1 is 1.00 bits per heavy atom. The molecule has 0 unspecified atom stereocenters. The molecule has 0 saturated heterocycles. The van der Waals surface area contributed by atoms with Gasteiger partial charge in [-0.05, 0) is 23.8 Å². The molecule has 2 aromatic carbocycles. The van der Waals surface area contributed by atoms with Crippen LogP contribution in [0.5, 0.6) is 11.5 Å². The van der Waals surface area contributed by atoms with Crippen molar-refractivity contribution in [3.05, 3.63) is 59.7 Å². The van der Waals surface area contributed by atoms with Crippen LogP contribution in [0.1, 0.15) is 11.1 Å². The van der Waals surface area contributed by atoms with Gasteiger partial charge in [-0.15, -0.1) is 0 Å². The number of nitrogens with two attached hydrogens (primary N) is 1. The van der Waals surface area contributed by atoms with Gasteiger partial charge < -0.3 is 15.2 Å². The largest absolute Gasteiger partial charge is 0.497 e. The van der Waals surface area contributed by atoms with E-state index in [1.54, 1.807) is 7.11 Å². The van der Waals surface area contributed by atoms with E-state index in [0.717, 1.165) is 23.5 Å². The highest BCUT2D eigenvalue weighted by molar-refractivity contribution is 5.33. The predicted molar refractivity (Wildman–Crippen MR) is 76.5 cm³/mol. The summed E-state index contributed by atoms with van der Waals surface area (Å²) < 4.78 is 10.9. The SMILES string of the molecule is COc1ccc(CCOc2ccccc2CN)cc1. The van der Waals surface area contributed by atoms with Crippen LogP contribution in [0.3, 0.4) is 0 Å². The lowest BCUT2D eigenvalue weighted by Gasteiger charge is -2.10. The summed E-state index contributed by atoms with van der Waals surface area (Å²) in [4.78, 5) is 0. The van der Waals surface area contributed by atoms with Crippen molar-refractivity contribution in [1.82, 2.24) is 0 Å². The van der Waals surface area contributed by atoms with Crippen LogP contribution in [0, 0.1) is 0 Å². The first-order valence-electron chi connectivity index (χ1n) is 6.37. The fourth-order valence-electron chi connectivity index (χ4n) is 1.88. The molecule has 3 heteroatoms. The molecular weight excluding hydrogens is 238 g/mol. The summed E-state index contributed by atoms with van der Waals surface area (Å²) in [6.45, 7) is 1.14. The molecule has 0 saturated carbocycles. The molecule has 0 heterocycles. The van der Waals surface area contributed by atoms with Crippen LogP contribution in [-0.2, 0) is 13.0 Å². The van der Waals surface area contributed by atoms with Crippen molar-refractivity contribution in [2.75, 3.05) is 13.7 Å². The van der Waals surface area contributed by atoms with E-state index < -0.39 is 0 Å². The molecule has 0 amide bonds. The van der Waals surface area contributed by atoms with E-state index in [-0.39, 0.29) is 0 Å². The zero-order valence-corrected chi connectivity index (χ0v) is 11.1. The molecule has 2 aromatic rings. The van der Waals surface area contributed by atoms with E-state index in [1.807, 2.05) is 36.4 Å². The topological polar surface area (TPSA) is 44.5 Å². The lowest BCUT2D eigenvalue weighted by molar-refractivity contribution is 0.318. The molecule has 2 rings (SSSR count). The molecule has 0 aromatic heterocycles. The second-order valence-electron chi connectivity index (χ2n) is 4.26. The monoisotopic (exact) mass is 257 g/mol. The quantitative estimate of drug-likeness (QED) is 0.865. The highest BCUT2D eigenvalue weighted by atomic mass is 16.5. The van der Waals surface area contributed by atoms with E-state index in [4.69, 9.17) is 15.2 Å². The molecule has 0 aliphatic carbocycles. The van der Waals surface area contributed by atoms with Crippen molar-refractivity contribution in [1.29, 1.82) is 0 Å². The summed E-state index contributed by atoms with van der Waals surface area (Å²) in [5.74, 6) is 1.75. The number of rotatable bonds is 6. The van der Waals surface area contributed by atoms with Gasteiger partial charge in [-0.3, -0.25) is 0 Å². The fourth-order valence-corrected chi connectivity index (χ4v) is 1.88. The zero-order chi connectivity index (χ0) is 13.5. The molecule has 19 heavy (non-hydrogen) atoms. The Balaban J connectivity index is 1.88. The summed E-state index contributed by atoms with van der Waals surface area (Å²) in [6.07, 6.45) is 0.864. The average molecular weight is 257 g/mol. The van der Waals surface area contributed by atoms with Crippen molar-refractivity contribution >= 4 is 0 Å². The van der Waals surface area contributed by atoms with E-state index in [9.17, 15) is 0 Å². The highest BCUT2D eigenvalue weighted by Gasteiger charge is 2.01. The van der Waals surface area contributed by atoms with Crippen LogP contribution in [0.2, 0.25) is 0 Å². The molecule has 0 aliphatic heterocycles. The van der Waals surface area contributed by atoms with Crippen molar-refractivity contribution in [2.45, 2.75) is 13.0 Å². The first kappa shape index (κ1) is 13.4. The standard InChI is InChI=1S/C16H19NO2/c1-18-15-8-6-13(7-9-15)10-11-19-16-5-3-2-4-14(16)12-17/h2-9H,10-12,17H2,1H3. The van der Waals surface area contributed by atoms with Gasteiger partial charge in [0, 0.05) is 18.5 Å². The molecule has 0 fully saturated rings. The highest BCUT2D eigenvalue weighted by Crippen LogP contribution is 2.18. The second kappa shape index (κ2) is 6.81. The summed E-state index contributed by atoms with van der Waals surface area (Å²) >= 11 is 0. The van der Waals surface area contributed by atoms with E-state index in [0.29, 0.717) is 13.2 Å². The van der Waals surface area contributed by atoms with Crippen LogP contribution in [0.25, 0.3) is 0 Å². The van der Waals surface area contributed by atoms with Crippen molar-refractivity contribution in [3.63, 3.8) is 0 Å². The number of benzene rings is 2. The minimum absolute atomic E-state index is 0.499. The average Bonchev–Trinajstić information content (AvgIpc) is 2.48. The van der Waals surface area contributed by atoms with Gasteiger partial charge in [-0.1, -0.05) is 30.3 Å². The Morgan fingerprint density at radius 3 is 2.42 bits per heavy atom. The molecule has 0 atom stereocenters. The van der Waals surface area contributed by atoms with Gasteiger partial charge >= 0.3 is 0 Å². The number of para-hydroxylation sites is 1. The van der Waals surface area contributed by atoms with E-state index in [1.165, 1.54) is 5.56 Å². The van der Waals surface area contributed by atoms with Crippen molar-refractivity contribution in [2.24, 2.45) is 5.73 Å². The number of hydrogen-bond donors (Lipinski definition) is 1. The minimum Gasteiger partial charge on any atom is -0.497 e. The smallest absolute Gasteiger partial charge is 0.123 e. The summed E-state index contributed by atoms with van der Waals surface area (Å²) in [5, 5.41) is 0. The summed E-state index contributed by atoms with van der Waals surface area (Å²) in [7, 11) is 1.67. The van der Waals surface area contributed by atoms with Crippen LogP contribution < -0.4 is 15.2 Å². The molecule has 0 aliphatic rings. The maximum atomic E-state index is 5.78. The molecule has 2 N–H and O–H groups in total. The number of ether oxygens (including phenoxy) is 2. The first-order chi connectivity index (χ1) is 9.33. The lowest BCUT2D eigenvalue weighted by Crippen LogP contribution is -2.05. The third-order valence-corrected chi connectivity index (χ3v) is 3.00. The van der Waals surface area contributed by atoms with Crippen molar-refractivity contribution < 1.29 is 9.47 Å². The Kier molecular flexibility index (Phi) is 4.81. The Morgan fingerprint density at radius 2 is 1.74 bits per heavy atom. The van der Waals surface area contributed by atoms with Crippen LogP contribution >= 0.6 is 0 Å². The van der Waals surface area contributed by atoms with Crippen LogP contribution in [0.4, 0.5) is 0 Å². The van der Waals surface area contributed by atoms with Gasteiger partial charge in [0.05, 0.1) is 13.7 Å². The number of methoxy groups -OCH3 is 1. The minimum atomic E-state index is 0.499. The van der Waals surface area contributed by atoms with Gasteiger partial charge in [0.1, 0.15) is 11.5 Å². The van der Waals surface area contributed by atoms with E-state index >= 15 is 0 Å². The fraction of sp³-hybridized carbons (Fsp3) is 0.250.